The summed E-state index contributed by atoms with van der Waals surface area (Å²) in [5.74, 6) is -12.6. The highest BCUT2D eigenvalue weighted by Gasteiger charge is 2.38. The van der Waals surface area contributed by atoms with Gasteiger partial charge in [-0.05, 0) is 12.5 Å². The van der Waals surface area contributed by atoms with Gasteiger partial charge in [0.15, 0.2) is 29.1 Å². The molecule has 0 unspecified atom stereocenters. The molecule has 28 heavy (non-hydrogen) atoms. The quantitative estimate of drug-likeness (QED) is 0.386. The molecule has 2 aromatic carbocycles. The molecule has 0 aliphatic carbocycles. The lowest BCUT2D eigenvalue weighted by Crippen LogP contribution is -2.13. The second-order valence-corrected chi connectivity index (χ2v) is 6.18. The van der Waals surface area contributed by atoms with Crippen LogP contribution in [0.3, 0.4) is 0 Å². The summed E-state index contributed by atoms with van der Waals surface area (Å²) in [6, 6.07) is 6.71. The monoisotopic (exact) mass is 392 g/mol. The van der Waals surface area contributed by atoms with E-state index in [1.165, 1.54) is 0 Å². The van der Waals surface area contributed by atoms with E-state index in [-0.39, 0.29) is 11.3 Å². The minimum Gasteiger partial charge on any atom is -0.494 e. The molecule has 0 radical (unpaired) electrons. The van der Waals surface area contributed by atoms with E-state index in [9.17, 15) is 31.9 Å². The molecule has 2 N–H and O–H groups in total. The van der Waals surface area contributed by atoms with Gasteiger partial charge in [-0.15, -0.1) is 0 Å². The molecule has 142 valence electrons. The number of nitrogens with one attached hydrogen (secondary N) is 1. The lowest BCUT2D eigenvalue weighted by molar-refractivity contribution is 0.101. The number of rotatable bonds is 2. The molecule has 0 fully saturated rings. The van der Waals surface area contributed by atoms with Crippen molar-refractivity contribution >= 4 is 11.6 Å². The van der Waals surface area contributed by atoms with Gasteiger partial charge >= 0.3 is 0 Å². The second kappa shape index (κ2) is 6.01. The predicted molar refractivity (Wildman–Crippen MR) is 88.8 cm³/mol. The average molecular weight is 392 g/mol. The number of H-pyrrole nitrogens is 1. The highest BCUT2D eigenvalue weighted by Crippen LogP contribution is 2.39. The van der Waals surface area contributed by atoms with Gasteiger partial charge in [0, 0.05) is 0 Å². The van der Waals surface area contributed by atoms with Crippen LogP contribution in [0, 0.1) is 36.0 Å². The Balaban J connectivity index is 1.97. The zero-order valence-corrected chi connectivity index (χ0v) is 14.0. The summed E-state index contributed by atoms with van der Waals surface area (Å²) in [5, 5.41) is 10.2. The fraction of sp³-hybridized carbons (Fsp3) is 0.0526. The first-order valence-electron chi connectivity index (χ1n) is 7.89. The molecule has 4 nitrogen and oxygen atoms in total. The average Bonchev–Trinajstić information content (AvgIpc) is 3.18. The topological polar surface area (TPSA) is 65.4 Å². The summed E-state index contributed by atoms with van der Waals surface area (Å²) in [5.41, 5.74) is -1.37. The van der Waals surface area contributed by atoms with Crippen molar-refractivity contribution in [2.75, 3.05) is 0 Å². The fourth-order valence-electron chi connectivity index (χ4n) is 3.08. The Labute approximate surface area is 154 Å². The van der Waals surface area contributed by atoms with Crippen molar-refractivity contribution in [1.29, 1.82) is 0 Å². The zero-order chi connectivity index (χ0) is 20.3. The van der Waals surface area contributed by atoms with Crippen LogP contribution in [0.25, 0.3) is 11.3 Å². The van der Waals surface area contributed by atoms with E-state index in [0.29, 0.717) is 5.56 Å². The number of fused-ring (bicyclic) bond motifs is 1. The Bertz CT molecular complexity index is 1170. The molecule has 9 heteroatoms. The molecule has 0 bridgehead atoms. The van der Waals surface area contributed by atoms with Crippen molar-refractivity contribution in [3.63, 3.8) is 0 Å². The molecule has 0 spiro atoms. The van der Waals surface area contributed by atoms with E-state index in [2.05, 4.69) is 9.98 Å². The van der Waals surface area contributed by atoms with E-state index < -0.39 is 57.7 Å². The van der Waals surface area contributed by atoms with E-state index in [4.69, 9.17) is 0 Å². The lowest BCUT2D eigenvalue weighted by Gasteiger charge is -2.08. The highest BCUT2D eigenvalue weighted by molar-refractivity contribution is 6.30. The molecule has 1 amide bonds. The van der Waals surface area contributed by atoms with Crippen LogP contribution >= 0.6 is 0 Å². The van der Waals surface area contributed by atoms with E-state index in [1.807, 2.05) is 6.92 Å². The second-order valence-electron chi connectivity index (χ2n) is 6.18. The Kier molecular flexibility index (Phi) is 3.84. The van der Waals surface area contributed by atoms with Gasteiger partial charge in [-0.2, -0.15) is 0 Å². The van der Waals surface area contributed by atoms with Gasteiger partial charge in [0.1, 0.15) is 0 Å². The minimum absolute atomic E-state index is 0.111. The molecular formula is C19H9F5N2O2. The lowest BCUT2D eigenvalue weighted by atomic mass is 9.98. The van der Waals surface area contributed by atoms with E-state index in [0.717, 1.165) is 5.56 Å². The Morgan fingerprint density at radius 2 is 1.36 bits per heavy atom. The summed E-state index contributed by atoms with van der Waals surface area (Å²) < 4.78 is 68.8. The number of aromatic amines is 1. The van der Waals surface area contributed by atoms with Crippen molar-refractivity contribution < 1.29 is 31.9 Å². The molecular weight excluding hydrogens is 383 g/mol. The molecule has 1 aliphatic heterocycles. The summed E-state index contributed by atoms with van der Waals surface area (Å²) in [7, 11) is 0. The zero-order valence-electron chi connectivity index (χ0n) is 14.0. The van der Waals surface area contributed by atoms with Gasteiger partial charge in [0.25, 0.3) is 5.91 Å². The maximum atomic E-state index is 14.2. The number of hydrogen-bond acceptors (Lipinski definition) is 2. The standard InChI is InChI=1S/C19H9F5N2O2/c1-6-2-4-7(5-3-6)16-8-9(19(28)25-16)17(26-18(8)27)10-11(20)13(22)15(24)14(23)12(10)21/h2-5,25,28H,1H3. The van der Waals surface area contributed by atoms with Crippen LogP contribution in [0.15, 0.2) is 29.3 Å². The number of aryl methyl sites for hydroxylation is 1. The molecule has 1 aromatic heterocycles. The van der Waals surface area contributed by atoms with Gasteiger partial charge < -0.3 is 10.1 Å². The number of aromatic nitrogens is 1. The summed E-state index contributed by atoms with van der Waals surface area (Å²) in [6.45, 7) is 1.83. The van der Waals surface area contributed by atoms with Gasteiger partial charge in [-0.1, -0.05) is 29.8 Å². The first-order valence-corrected chi connectivity index (χ1v) is 7.89. The maximum Gasteiger partial charge on any atom is 0.280 e. The molecule has 0 saturated heterocycles. The number of hydrogen-bond donors (Lipinski definition) is 2. The maximum absolute atomic E-state index is 14.2. The third kappa shape index (κ3) is 2.35. The molecule has 3 aromatic rings. The van der Waals surface area contributed by atoms with Gasteiger partial charge in [-0.25, -0.2) is 26.9 Å². The molecule has 2 heterocycles. The van der Waals surface area contributed by atoms with Crippen LogP contribution < -0.4 is 0 Å². The highest BCUT2D eigenvalue weighted by atomic mass is 19.2. The number of halogens is 5. The number of aliphatic imine (C=N–C) groups is 1. The van der Waals surface area contributed by atoms with Crippen LogP contribution in [0.5, 0.6) is 5.88 Å². The van der Waals surface area contributed by atoms with Crippen molar-refractivity contribution in [2.45, 2.75) is 6.92 Å². The number of aromatic hydroxyl groups is 1. The number of benzene rings is 2. The fourth-order valence-corrected chi connectivity index (χ4v) is 3.08. The van der Waals surface area contributed by atoms with E-state index >= 15 is 0 Å². The molecule has 4 rings (SSSR count). The SMILES string of the molecule is Cc1ccc(-c2[nH]c(O)c3c2C(=O)N=C3c2c(F)c(F)c(F)c(F)c2F)cc1. The van der Waals surface area contributed by atoms with Crippen molar-refractivity contribution in [1.82, 2.24) is 4.98 Å². The van der Waals surface area contributed by atoms with Crippen LogP contribution in [0.4, 0.5) is 22.0 Å². The Hall–Kier alpha value is -3.49. The normalized spacial score (nSPS) is 13.1. The molecule has 0 saturated carbocycles. The first-order chi connectivity index (χ1) is 13.2. The molecule has 1 aliphatic rings. The Morgan fingerprint density at radius 1 is 0.821 bits per heavy atom. The van der Waals surface area contributed by atoms with Crippen molar-refractivity contribution in [3.05, 3.63) is 75.6 Å². The number of carbonyl (C=O) groups is 1. The summed E-state index contributed by atoms with van der Waals surface area (Å²) >= 11 is 0. The van der Waals surface area contributed by atoms with Crippen molar-refractivity contribution in [2.24, 2.45) is 4.99 Å². The smallest absolute Gasteiger partial charge is 0.280 e. The summed E-state index contributed by atoms with van der Waals surface area (Å²) in [6.07, 6.45) is 0. The number of carbonyl (C=O) groups excluding carboxylic acids is 1. The minimum atomic E-state index is -2.33. The number of nitrogens with zero attached hydrogens (tertiary/aromatic N) is 1. The van der Waals surface area contributed by atoms with Gasteiger partial charge in [0.2, 0.25) is 5.82 Å². The van der Waals surface area contributed by atoms with Gasteiger partial charge in [-0.3, -0.25) is 4.79 Å². The summed E-state index contributed by atoms with van der Waals surface area (Å²) in [4.78, 5) is 18.3. The third-order valence-corrected chi connectivity index (χ3v) is 4.43. The predicted octanol–water partition coefficient (Wildman–Crippen LogP) is 4.38. The van der Waals surface area contributed by atoms with Crippen LogP contribution in [0.2, 0.25) is 0 Å². The van der Waals surface area contributed by atoms with Gasteiger partial charge in [0.05, 0.1) is 28.1 Å². The number of amides is 1. The van der Waals surface area contributed by atoms with Crippen molar-refractivity contribution in [3.8, 4) is 17.1 Å². The third-order valence-electron chi connectivity index (χ3n) is 4.43. The van der Waals surface area contributed by atoms with Crippen LogP contribution in [0.1, 0.15) is 27.0 Å². The molecule has 0 atom stereocenters. The first kappa shape index (κ1) is 17.9. The largest absolute Gasteiger partial charge is 0.494 e. The van der Waals surface area contributed by atoms with Crippen LogP contribution in [-0.2, 0) is 0 Å². The van der Waals surface area contributed by atoms with E-state index in [1.54, 1.807) is 24.3 Å². The Morgan fingerprint density at radius 3 is 1.93 bits per heavy atom. The van der Waals surface area contributed by atoms with Crippen LogP contribution in [-0.4, -0.2) is 21.7 Å².